The van der Waals surface area contributed by atoms with Crippen LogP contribution in [0.25, 0.3) is 0 Å². The van der Waals surface area contributed by atoms with E-state index in [0.717, 1.165) is 9.89 Å². The van der Waals surface area contributed by atoms with Crippen molar-refractivity contribution in [1.82, 2.24) is 0 Å². The minimum absolute atomic E-state index is 0.247. The van der Waals surface area contributed by atoms with Gasteiger partial charge in [0.1, 0.15) is 0 Å². The molecule has 4 heteroatoms. The molecule has 1 saturated heterocycles. The fourth-order valence-corrected chi connectivity index (χ4v) is 2.25. The smallest absolute Gasteiger partial charge is 0.399 e. The van der Waals surface area contributed by atoms with Gasteiger partial charge in [0.15, 0.2) is 0 Å². The van der Waals surface area contributed by atoms with Gasteiger partial charge in [-0.25, -0.2) is 0 Å². The average Bonchev–Trinajstić information content (AvgIpc) is 2.48. The number of hydrogen-bond donors (Lipinski definition) is 0. The zero-order chi connectivity index (χ0) is 12.7. The number of halogens is 1. The molecular formula is C13H18BIO2. The molecule has 2 nitrogen and oxygen atoms in total. The van der Waals surface area contributed by atoms with Crippen LogP contribution in [0.1, 0.15) is 33.3 Å². The lowest BCUT2D eigenvalue weighted by atomic mass is 9.79. The van der Waals surface area contributed by atoms with E-state index in [9.17, 15) is 0 Å². The van der Waals surface area contributed by atoms with E-state index in [-0.39, 0.29) is 18.3 Å². The van der Waals surface area contributed by atoms with E-state index in [4.69, 9.17) is 9.31 Å². The molecule has 1 heterocycles. The first-order valence-corrected chi connectivity index (χ1v) is 7.39. The molecule has 1 aliphatic rings. The highest BCUT2D eigenvalue weighted by atomic mass is 127. The van der Waals surface area contributed by atoms with Crippen LogP contribution in [0, 0.1) is 0 Å². The van der Waals surface area contributed by atoms with Gasteiger partial charge in [0.25, 0.3) is 0 Å². The predicted octanol–water partition coefficient (Wildman–Crippen LogP) is 2.92. The summed E-state index contributed by atoms with van der Waals surface area (Å²) in [5.41, 5.74) is 1.89. The molecule has 92 valence electrons. The Bertz CT molecular complexity index is 384. The quantitative estimate of drug-likeness (QED) is 0.467. The van der Waals surface area contributed by atoms with Crippen molar-refractivity contribution >= 4 is 35.2 Å². The van der Waals surface area contributed by atoms with Gasteiger partial charge in [0.05, 0.1) is 11.2 Å². The Labute approximate surface area is 117 Å². The van der Waals surface area contributed by atoms with Crippen LogP contribution in [-0.4, -0.2) is 18.3 Å². The highest BCUT2D eigenvalue weighted by Gasteiger charge is 2.51. The average molecular weight is 344 g/mol. The topological polar surface area (TPSA) is 18.5 Å². The second-order valence-electron chi connectivity index (χ2n) is 5.46. The van der Waals surface area contributed by atoms with E-state index in [1.165, 1.54) is 5.56 Å². The Morgan fingerprint density at radius 3 is 1.88 bits per heavy atom. The van der Waals surface area contributed by atoms with Gasteiger partial charge in [-0.15, -0.1) is 0 Å². The highest BCUT2D eigenvalue weighted by Crippen LogP contribution is 2.36. The fraction of sp³-hybridized carbons (Fsp3) is 0.538. The third-order valence-corrected chi connectivity index (χ3v) is 4.54. The van der Waals surface area contributed by atoms with Crippen molar-refractivity contribution < 1.29 is 9.31 Å². The van der Waals surface area contributed by atoms with Crippen LogP contribution in [0.5, 0.6) is 0 Å². The van der Waals surface area contributed by atoms with E-state index < -0.39 is 0 Å². The first-order valence-electron chi connectivity index (χ1n) is 5.86. The standard InChI is InChI=1S/C13H18BIO2/c1-12(2)13(3,4)17-14(16-12)11-7-5-10(9-15)6-8-11/h5-8H,9H2,1-4H3. The SMILES string of the molecule is CC1(C)OB(c2ccc(CI)cc2)OC1(C)C. The Balaban J connectivity index is 2.20. The Morgan fingerprint density at radius 1 is 1.00 bits per heavy atom. The first-order chi connectivity index (χ1) is 7.86. The van der Waals surface area contributed by atoms with Crippen LogP contribution in [0.3, 0.4) is 0 Å². The van der Waals surface area contributed by atoms with Crippen molar-refractivity contribution in [3.05, 3.63) is 29.8 Å². The summed E-state index contributed by atoms with van der Waals surface area (Å²) in [6.07, 6.45) is 0. The molecule has 1 aromatic rings. The van der Waals surface area contributed by atoms with Crippen molar-refractivity contribution in [3.8, 4) is 0 Å². The third kappa shape index (κ3) is 2.54. The van der Waals surface area contributed by atoms with E-state index in [0.29, 0.717) is 0 Å². The summed E-state index contributed by atoms with van der Waals surface area (Å²) < 4.78 is 13.0. The molecule has 0 spiro atoms. The molecule has 0 bridgehead atoms. The van der Waals surface area contributed by atoms with Crippen molar-refractivity contribution in [2.75, 3.05) is 0 Å². The molecule has 0 N–H and O–H groups in total. The molecule has 17 heavy (non-hydrogen) atoms. The summed E-state index contributed by atoms with van der Waals surface area (Å²) in [6.45, 7) is 8.30. The summed E-state index contributed by atoms with van der Waals surface area (Å²) in [5, 5.41) is 0. The fourth-order valence-electron chi connectivity index (χ4n) is 1.74. The van der Waals surface area contributed by atoms with Gasteiger partial charge in [0.2, 0.25) is 0 Å². The van der Waals surface area contributed by atoms with E-state index in [2.05, 4.69) is 74.6 Å². The van der Waals surface area contributed by atoms with Crippen LogP contribution in [0.15, 0.2) is 24.3 Å². The molecule has 0 aliphatic carbocycles. The zero-order valence-corrected chi connectivity index (χ0v) is 12.9. The summed E-state index contributed by atoms with van der Waals surface area (Å²) in [4.78, 5) is 0. The molecule has 0 aromatic heterocycles. The van der Waals surface area contributed by atoms with Crippen molar-refractivity contribution in [3.63, 3.8) is 0 Å². The number of alkyl halides is 1. The van der Waals surface area contributed by atoms with Crippen molar-refractivity contribution in [2.45, 2.75) is 43.3 Å². The summed E-state index contributed by atoms with van der Waals surface area (Å²) in [5.74, 6) is 0. The van der Waals surface area contributed by atoms with E-state index >= 15 is 0 Å². The van der Waals surface area contributed by atoms with E-state index in [1.54, 1.807) is 0 Å². The number of rotatable bonds is 2. The molecule has 1 aliphatic heterocycles. The zero-order valence-electron chi connectivity index (χ0n) is 10.8. The third-order valence-electron chi connectivity index (χ3n) is 3.66. The maximum atomic E-state index is 6.00. The minimum Gasteiger partial charge on any atom is -0.399 e. The van der Waals surface area contributed by atoms with Crippen LogP contribution < -0.4 is 5.46 Å². The van der Waals surface area contributed by atoms with Crippen LogP contribution in [0.2, 0.25) is 0 Å². The maximum absolute atomic E-state index is 6.00. The van der Waals surface area contributed by atoms with Gasteiger partial charge in [-0.1, -0.05) is 46.9 Å². The molecule has 0 unspecified atom stereocenters. The monoisotopic (exact) mass is 344 g/mol. The van der Waals surface area contributed by atoms with Gasteiger partial charge in [-0.2, -0.15) is 0 Å². The molecule has 0 radical (unpaired) electrons. The lowest BCUT2D eigenvalue weighted by molar-refractivity contribution is 0.00578. The van der Waals surface area contributed by atoms with Crippen LogP contribution in [-0.2, 0) is 13.7 Å². The second kappa shape index (κ2) is 4.55. The van der Waals surface area contributed by atoms with Crippen molar-refractivity contribution in [2.24, 2.45) is 0 Å². The Kier molecular flexibility index (Phi) is 3.58. The highest BCUT2D eigenvalue weighted by molar-refractivity contribution is 14.1. The molecule has 1 fully saturated rings. The normalized spacial score (nSPS) is 21.8. The molecule has 2 rings (SSSR count). The molecule has 0 atom stereocenters. The van der Waals surface area contributed by atoms with Gasteiger partial charge in [-0.3, -0.25) is 0 Å². The van der Waals surface area contributed by atoms with Crippen molar-refractivity contribution in [1.29, 1.82) is 0 Å². The summed E-state index contributed by atoms with van der Waals surface area (Å²) in [7, 11) is -0.247. The van der Waals surface area contributed by atoms with Gasteiger partial charge < -0.3 is 9.31 Å². The van der Waals surface area contributed by atoms with Gasteiger partial charge in [0, 0.05) is 4.43 Å². The van der Waals surface area contributed by atoms with E-state index in [1.807, 2.05) is 0 Å². The number of hydrogen-bond acceptors (Lipinski definition) is 2. The Morgan fingerprint density at radius 2 is 1.47 bits per heavy atom. The maximum Gasteiger partial charge on any atom is 0.494 e. The number of benzene rings is 1. The van der Waals surface area contributed by atoms with Crippen LogP contribution >= 0.6 is 22.6 Å². The lowest BCUT2D eigenvalue weighted by Gasteiger charge is -2.32. The molecule has 1 aromatic carbocycles. The summed E-state index contributed by atoms with van der Waals surface area (Å²) >= 11 is 2.36. The summed E-state index contributed by atoms with van der Waals surface area (Å²) in [6, 6.07) is 8.45. The lowest BCUT2D eigenvalue weighted by Crippen LogP contribution is -2.41. The van der Waals surface area contributed by atoms with Gasteiger partial charge >= 0.3 is 7.12 Å². The Hall–Kier alpha value is -0.0651. The largest absolute Gasteiger partial charge is 0.494 e. The van der Waals surface area contributed by atoms with Crippen LogP contribution in [0.4, 0.5) is 0 Å². The van der Waals surface area contributed by atoms with Gasteiger partial charge in [-0.05, 0) is 38.7 Å². The second-order valence-corrected chi connectivity index (χ2v) is 6.23. The first kappa shape index (κ1) is 13.4. The molecular weight excluding hydrogens is 326 g/mol. The molecule has 0 saturated carbocycles. The minimum atomic E-state index is -0.264. The molecule has 0 amide bonds. The predicted molar refractivity (Wildman–Crippen MR) is 79.9 cm³/mol.